The SMILES string of the molecule is CC(C)NCc1ccncc1N(C)C(C)C. The Kier molecular flexibility index (Phi) is 4.74. The molecule has 0 saturated carbocycles. The molecule has 0 spiro atoms. The third-order valence-corrected chi connectivity index (χ3v) is 2.74. The molecule has 90 valence electrons. The maximum atomic E-state index is 4.21. The first-order valence-corrected chi connectivity index (χ1v) is 5.91. The number of pyridine rings is 1. The van der Waals surface area contributed by atoms with Crippen LogP contribution in [0.15, 0.2) is 18.5 Å². The van der Waals surface area contributed by atoms with Crippen LogP contribution in [0.4, 0.5) is 5.69 Å². The Labute approximate surface area is 98.9 Å². The maximum Gasteiger partial charge on any atom is 0.0598 e. The van der Waals surface area contributed by atoms with Gasteiger partial charge < -0.3 is 10.2 Å². The lowest BCUT2D eigenvalue weighted by atomic mass is 10.2. The van der Waals surface area contributed by atoms with Gasteiger partial charge in [-0.05, 0) is 25.5 Å². The molecule has 16 heavy (non-hydrogen) atoms. The number of anilines is 1. The quantitative estimate of drug-likeness (QED) is 0.827. The molecule has 0 unspecified atom stereocenters. The van der Waals surface area contributed by atoms with Crippen molar-refractivity contribution in [2.24, 2.45) is 0 Å². The van der Waals surface area contributed by atoms with Crippen molar-refractivity contribution in [3.63, 3.8) is 0 Å². The van der Waals surface area contributed by atoms with Gasteiger partial charge in [0.25, 0.3) is 0 Å². The zero-order valence-electron chi connectivity index (χ0n) is 11.0. The topological polar surface area (TPSA) is 28.2 Å². The zero-order valence-corrected chi connectivity index (χ0v) is 11.0. The summed E-state index contributed by atoms with van der Waals surface area (Å²) in [5, 5.41) is 3.44. The lowest BCUT2D eigenvalue weighted by Crippen LogP contribution is -2.29. The number of hydrogen-bond donors (Lipinski definition) is 1. The Morgan fingerprint density at radius 1 is 1.31 bits per heavy atom. The highest BCUT2D eigenvalue weighted by atomic mass is 15.1. The number of nitrogens with one attached hydrogen (secondary N) is 1. The van der Waals surface area contributed by atoms with Crippen molar-refractivity contribution in [1.82, 2.24) is 10.3 Å². The van der Waals surface area contributed by atoms with Crippen LogP contribution in [0, 0.1) is 0 Å². The van der Waals surface area contributed by atoms with Gasteiger partial charge in [-0.3, -0.25) is 4.98 Å². The van der Waals surface area contributed by atoms with Crippen LogP contribution in [0.1, 0.15) is 33.3 Å². The minimum absolute atomic E-state index is 0.488. The van der Waals surface area contributed by atoms with E-state index in [9.17, 15) is 0 Å². The smallest absolute Gasteiger partial charge is 0.0598 e. The maximum absolute atomic E-state index is 4.21. The molecule has 1 N–H and O–H groups in total. The molecule has 0 fully saturated rings. The van der Waals surface area contributed by atoms with E-state index >= 15 is 0 Å². The average molecular weight is 221 g/mol. The molecule has 0 saturated heterocycles. The van der Waals surface area contributed by atoms with Gasteiger partial charge in [0.15, 0.2) is 0 Å². The van der Waals surface area contributed by atoms with E-state index in [0.717, 1.165) is 6.54 Å². The van der Waals surface area contributed by atoms with Crippen molar-refractivity contribution in [1.29, 1.82) is 0 Å². The third kappa shape index (κ3) is 3.49. The van der Waals surface area contributed by atoms with Crippen LogP contribution in [-0.4, -0.2) is 24.1 Å². The molecular weight excluding hydrogens is 198 g/mol. The summed E-state index contributed by atoms with van der Waals surface area (Å²) in [5.74, 6) is 0. The molecule has 0 aromatic carbocycles. The average Bonchev–Trinajstić information content (AvgIpc) is 2.25. The van der Waals surface area contributed by atoms with E-state index in [1.807, 2.05) is 12.4 Å². The fourth-order valence-electron chi connectivity index (χ4n) is 1.47. The summed E-state index contributed by atoms with van der Waals surface area (Å²) in [5.41, 5.74) is 2.52. The second-order valence-electron chi connectivity index (χ2n) is 4.74. The van der Waals surface area contributed by atoms with Gasteiger partial charge in [0.1, 0.15) is 0 Å². The van der Waals surface area contributed by atoms with Crippen LogP contribution >= 0.6 is 0 Å². The van der Waals surface area contributed by atoms with Crippen molar-refractivity contribution in [3.05, 3.63) is 24.0 Å². The highest BCUT2D eigenvalue weighted by Gasteiger charge is 2.10. The summed E-state index contributed by atoms with van der Waals surface area (Å²) in [7, 11) is 2.11. The molecule has 1 rings (SSSR count). The van der Waals surface area contributed by atoms with Crippen LogP contribution in [0.5, 0.6) is 0 Å². The normalized spacial score (nSPS) is 11.2. The monoisotopic (exact) mass is 221 g/mol. The third-order valence-electron chi connectivity index (χ3n) is 2.74. The summed E-state index contributed by atoms with van der Waals surface area (Å²) < 4.78 is 0. The highest BCUT2D eigenvalue weighted by molar-refractivity contribution is 5.51. The summed E-state index contributed by atoms with van der Waals surface area (Å²) in [4.78, 5) is 6.46. The van der Waals surface area contributed by atoms with Gasteiger partial charge in [0, 0.05) is 31.9 Å². The van der Waals surface area contributed by atoms with Crippen molar-refractivity contribution >= 4 is 5.69 Å². The lowest BCUT2D eigenvalue weighted by molar-refractivity contribution is 0.587. The van der Waals surface area contributed by atoms with Crippen LogP contribution in [-0.2, 0) is 6.54 Å². The summed E-state index contributed by atoms with van der Waals surface area (Å²) in [6.07, 6.45) is 3.80. The van der Waals surface area contributed by atoms with E-state index in [1.54, 1.807) is 0 Å². The van der Waals surface area contributed by atoms with E-state index in [0.29, 0.717) is 12.1 Å². The molecule has 0 radical (unpaired) electrons. The molecule has 3 nitrogen and oxygen atoms in total. The molecule has 0 atom stereocenters. The number of hydrogen-bond acceptors (Lipinski definition) is 3. The second kappa shape index (κ2) is 5.85. The molecule has 0 bridgehead atoms. The fraction of sp³-hybridized carbons (Fsp3) is 0.615. The van der Waals surface area contributed by atoms with E-state index in [-0.39, 0.29) is 0 Å². The molecular formula is C13H23N3. The summed E-state index contributed by atoms with van der Waals surface area (Å²) in [6, 6.07) is 3.08. The first kappa shape index (κ1) is 13.0. The molecule has 1 aromatic heterocycles. The van der Waals surface area contributed by atoms with Crippen molar-refractivity contribution in [2.45, 2.75) is 46.3 Å². The van der Waals surface area contributed by atoms with E-state index in [2.05, 4.69) is 56.0 Å². The Bertz CT molecular complexity index is 321. The van der Waals surface area contributed by atoms with Crippen LogP contribution in [0.2, 0.25) is 0 Å². The van der Waals surface area contributed by atoms with Gasteiger partial charge in [-0.1, -0.05) is 13.8 Å². The van der Waals surface area contributed by atoms with Gasteiger partial charge in [-0.15, -0.1) is 0 Å². The molecule has 1 aromatic rings. The molecule has 1 heterocycles. The van der Waals surface area contributed by atoms with Crippen LogP contribution < -0.4 is 10.2 Å². The summed E-state index contributed by atoms with van der Waals surface area (Å²) >= 11 is 0. The van der Waals surface area contributed by atoms with Gasteiger partial charge >= 0.3 is 0 Å². The number of aromatic nitrogens is 1. The number of rotatable bonds is 5. The van der Waals surface area contributed by atoms with Gasteiger partial charge in [0.2, 0.25) is 0 Å². The number of nitrogens with zero attached hydrogens (tertiary/aromatic N) is 2. The van der Waals surface area contributed by atoms with Crippen molar-refractivity contribution in [2.75, 3.05) is 11.9 Å². The molecule has 3 heteroatoms. The van der Waals surface area contributed by atoms with E-state index < -0.39 is 0 Å². The molecule has 0 aliphatic carbocycles. The molecule has 0 aliphatic heterocycles. The van der Waals surface area contributed by atoms with E-state index in [4.69, 9.17) is 0 Å². The van der Waals surface area contributed by atoms with Crippen LogP contribution in [0.25, 0.3) is 0 Å². The van der Waals surface area contributed by atoms with Gasteiger partial charge in [-0.2, -0.15) is 0 Å². The lowest BCUT2D eigenvalue weighted by Gasteiger charge is -2.26. The largest absolute Gasteiger partial charge is 0.371 e. The standard InChI is InChI=1S/C13H23N3/c1-10(2)15-8-12-6-7-14-9-13(12)16(5)11(3)4/h6-7,9-11,15H,8H2,1-5H3. The Morgan fingerprint density at radius 2 is 2.00 bits per heavy atom. The highest BCUT2D eigenvalue weighted by Crippen LogP contribution is 2.19. The van der Waals surface area contributed by atoms with Gasteiger partial charge in [0.05, 0.1) is 11.9 Å². The zero-order chi connectivity index (χ0) is 12.1. The second-order valence-corrected chi connectivity index (χ2v) is 4.74. The predicted molar refractivity (Wildman–Crippen MR) is 69.8 cm³/mol. The molecule has 0 aliphatic rings. The first-order chi connectivity index (χ1) is 7.52. The van der Waals surface area contributed by atoms with E-state index in [1.165, 1.54) is 11.3 Å². The Hall–Kier alpha value is -1.09. The summed E-state index contributed by atoms with van der Waals surface area (Å²) in [6.45, 7) is 9.59. The molecule has 0 amide bonds. The van der Waals surface area contributed by atoms with Crippen molar-refractivity contribution < 1.29 is 0 Å². The fourth-order valence-corrected chi connectivity index (χ4v) is 1.47. The minimum atomic E-state index is 0.488. The first-order valence-electron chi connectivity index (χ1n) is 5.91. The Balaban J connectivity index is 2.83. The van der Waals surface area contributed by atoms with Crippen LogP contribution in [0.3, 0.4) is 0 Å². The minimum Gasteiger partial charge on any atom is -0.371 e. The predicted octanol–water partition coefficient (Wildman–Crippen LogP) is 2.42. The van der Waals surface area contributed by atoms with Gasteiger partial charge in [-0.25, -0.2) is 0 Å². The van der Waals surface area contributed by atoms with Crippen molar-refractivity contribution in [3.8, 4) is 0 Å². The Morgan fingerprint density at radius 3 is 2.56 bits per heavy atom.